The van der Waals surface area contributed by atoms with Crippen LogP contribution in [-0.2, 0) is 14.3 Å². The number of likely N-dealkylation sites (N-methyl/N-ethyl adjacent to an activating group) is 1. The third-order valence-electron chi connectivity index (χ3n) is 2.03. The summed E-state index contributed by atoms with van der Waals surface area (Å²) < 4.78 is 10.4. The van der Waals surface area contributed by atoms with Gasteiger partial charge in [0.2, 0.25) is 5.91 Å². The first kappa shape index (κ1) is 8.31. The fraction of sp³-hybridized carbons (Fsp3) is 0.444. The molecule has 1 heterocycles. The van der Waals surface area contributed by atoms with Gasteiger partial charge in [-0.2, -0.15) is 0 Å². The Balaban J connectivity index is 2.07. The lowest BCUT2D eigenvalue weighted by molar-refractivity contribution is -0.118. The number of nitrogens with one attached hydrogen (secondary N) is 1. The van der Waals surface area contributed by atoms with Gasteiger partial charge in [0.15, 0.2) is 6.79 Å². The molecule has 0 spiro atoms. The summed E-state index contributed by atoms with van der Waals surface area (Å²) in [6.45, 7) is 2.75. The maximum absolute atomic E-state index is 11.4. The normalized spacial score (nSPS) is 24.5. The van der Waals surface area contributed by atoms with Crippen molar-refractivity contribution < 1.29 is 14.3 Å². The van der Waals surface area contributed by atoms with Crippen LogP contribution in [0.3, 0.4) is 0 Å². The highest BCUT2D eigenvalue weighted by Gasteiger charge is 2.33. The van der Waals surface area contributed by atoms with Gasteiger partial charge in [-0.15, -0.1) is 0 Å². The molecule has 1 atom stereocenters. The van der Waals surface area contributed by atoms with Crippen LogP contribution in [0.1, 0.15) is 6.92 Å². The van der Waals surface area contributed by atoms with E-state index in [1.165, 1.54) is 0 Å². The second-order valence-electron chi connectivity index (χ2n) is 2.86. The third kappa shape index (κ3) is 1.33. The fourth-order valence-electron chi connectivity index (χ4n) is 1.42. The highest BCUT2D eigenvalue weighted by molar-refractivity contribution is 5.96. The lowest BCUT2D eigenvalue weighted by Crippen LogP contribution is -2.29. The van der Waals surface area contributed by atoms with Crippen molar-refractivity contribution in [2.45, 2.75) is 13.0 Å². The average Bonchev–Trinajstić information content (AvgIpc) is 2.62. The molecule has 0 bridgehead atoms. The van der Waals surface area contributed by atoms with Crippen molar-refractivity contribution >= 4 is 5.91 Å². The van der Waals surface area contributed by atoms with Crippen LogP contribution in [0.4, 0.5) is 0 Å². The molecule has 13 heavy (non-hydrogen) atoms. The van der Waals surface area contributed by atoms with E-state index in [1.54, 1.807) is 12.2 Å². The first-order valence-corrected chi connectivity index (χ1v) is 4.27. The molecule has 1 N–H and O–H groups in total. The van der Waals surface area contributed by atoms with Crippen LogP contribution in [0, 0.1) is 0 Å². The maximum Gasteiger partial charge on any atom is 0.250 e. The standard InChI is InChI=1S/C9H11NO3/c1-2-10-9(11)6-3-4-7-8(6)13-5-12-7/h3-4,8H,2,5H2,1H3,(H,10,11). The Kier molecular flexibility index (Phi) is 2.06. The lowest BCUT2D eigenvalue weighted by Gasteiger charge is -2.08. The molecule has 0 saturated carbocycles. The van der Waals surface area contributed by atoms with E-state index >= 15 is 0 Å². The molecule has 2 rings (SSSR count). The van der Waals surface area contributed by atoms with Crippen molar-refractivity contribution in [2.24, 2.45) is 0 Å². The molecule has 0 aromatic carbocycles. The maximum atomic E-state index is 11.4. The number of hydrogen-bond acceptors (Lipinski definition) is 3. The monoisotopic (exact) mass is 181 g/mol. The van der Waals surface area contributed by atoms with E-state index in [0.717, 1.165) is 5.76 Å². The number of amides is 1. The molecule has 4 heteroatoms. The Morgan fingerprint density at radius 1 is 1.69 bits per heavy atom. The van der Waals surface area contributed by atoms with Crippen molar-refractivity contribution in [1.29, 1.82) is 0 Å². The lowest BCUT2D eigenvalue weighted by atomic mass is 10.1. The van der Waals surface area contributed by atoms with Gasteiger partial charge in [0.1, 0.15) is 11.9 Å². The van der Waals surface area contributed by atoms with Crippen LogP contribution in [0.25, 0.3) is 0 Å². The zero-order chi connectivity index (χ0) is 9.26. The second kappa shape index (κ2) is 3.22. The van der Waals surface area contributed by atoms with E-state index in [9.17, 15) is 4.79 Å². The minimum atomic E-state index is -0.272. The number of ether oxygens (including phenoxy) is 2. The largest absolute Gasteiger partial charge is 0.469 e. The molecule has 1 aliphatic carbocycles. The predicted molar refractivity (Wildman–Crippen MR) is 45.7 cm³/mol. The van der Waals surface area contributed by atoms with Crippen LogP contribution in [-0.4, -0.2) is 25.3 Å². The van der Waals surface area contributed by atoms with E-state index in [1.807, 2.05) is 6.92 Å². The van der Waals surface area contributed by atoms with Crippen molar-refractivity contribution in [1.82, 2.24) is 5.32 Å². The van der Waals surface area contributed by atoms with E-state index in [2.05, 4.69) is 5.32 Å². The van der Waals surface area contributed by atoms with Crippen LogP contribution in [0.5, 0.6) is 0 Å². The molecule has 0 radical (unpaired) electrons. The Labute approximate surface area is 76.2 Å². The van der Waals surface area contributed by atoms with Crippen molar-refractivity contribution in [3.8, 4) is 0 Å². The topological polar surface area (TPSA) is 47.6 Å². The number of carbonyl (C=O) groups excluding carboxylic acids is 1. The van der Waals surface area contributed by atoms with Gasteiger partial charge < -0.3 is 14.8 Å². The molecule has 1 aliphatic heterocycles. The van der Waals surface area contributed by atoms with Crippen LogP contribution in [0.2, 0.25) is 0 Å². The first-order chi connectivity index (χ1) is 6.33. The van der Waals surface area contributed by atoms with Crippen molar-refractivity contribution in [2.75, 3.05) is 13.3 Å². The number of hydrogen-bond donors (Lipinski definition) is 1. The summed E-state index contributed by atoms with van der Waals surface area (Å²) in [5, 5.41) is 2.72. The summed E-state index contributed by atoms with van der Waals surface area (Å²) in [6, 6.07) is 0. The Morgan fingerprint density at radius 2 is 2.54 bits per heavy atom. The molecular formula is C9H11NO3. The van der Waals surface area contributed by atoms with Gasteiger partial charge in [-0.25, -0.2) is 0 Å². The summed E-state index contributed by atoms with van der Waals surface area (Å²) in [5.41, 5.74) is 0.634. The van der Waals surface area contributed by atoms with Gasteiger partial charge in [0.25, 0.3) is 0 Å². The Bertz CT molecular complexity index is 293. The fourth-order valence-corrected chi connectivity index (χ4v) is 1.42. The van der Waals surface area contributed by atoms with Crippen LogP contribution >= 0.6 is 0 Å². The van der Waals surface area contributed by atoms with Gasteiger partial charge in [-0.05, 0) is 19.1 Å². The predicted octanol–water partition coefficient (Wildman–Crippen LogP) is 0.319. The molecule has 1 amide bonds. The summed E-state index contributed by atoms with van der Waals surface area (Å²) >= 11 is 0. The molecule has 1 unspecified atom stereocenters. The van der Waals surface area contributed by atoms with E-state index in [4.69, 9.17) is 9.47 Å². The summed E-state index contributed by atoms with van der Waals surface area (Å²) in [7, 11) is 0. The van der Waals surface area contributed by atoms with Gasteiger partial charge in [-0.3, -0.25) is 4.79 Å². The Hall–Kier alpha value is -1.29. The van der Waals surface area contributed by atoms with Crippen molar-refractivity contribution in [3.63, 3.8) is 0 Å². The van der Waals surface area contributed by atoms with Crippen LogP contribution in [0.15, 0.2) is 23.5 Å². The minimum absolute atomic E-state index is 0.0794. The highest BCUT2D eigenvalue weighted by atomic mass is 16.7. The van der Waals surface area contributed by atoms with Gasteiger partial charge in [0, 0.05) is 6.54 Å². The van der Waals surface area contributed by atoms with E-state index in [-0.39, 0.29) is 18.8 Å². The van der Waals surface area contributed by atoms with Gasteiger partial charge in [0.05, 0.1) is 5.57 Å². The Morgan fingerprint density at radius 3 is 3.31 bits per heavy atom. The molecule has 2 aliphatic rings. The molecule has 0 aromatic heterocycles. The molecule has 1 saturated heterocycles. The van der Waals surface area contributed by atoms with Crippen molar-refractivity contribution in [3.05, 3.63) is 23.5 Å². The zero-order valence-electron chi connectivity index (χ0n) is 7.37. The average molecular weight is 181 g/mol. The number of allylic oxidation sites excluding steroid dienone is 2. The summed E-state index contributed by atoms with van der Waals surface area (Å²) in [4.78, 5) is 11.4. The van der Waals surface area contributed by atoms with Gasteiger partial charge >= 0.3 is 0 Å². The molecule has 4 nitrogen and oxygen atoms in total. The van der Waals surface area contributed by atoms with E-state index < -0.39 is 0 Å². The number of rotatable bonds is 2. The second-order valence-corrected chi connectivity index (χ2v) is 2.86. The summed E-state index contributed by atoms with van der Waals surface area (Å²) in [5.74, 6) is 0.658. The quantitative estimate of drug-likeness (QED) is 0.667. The molecule has 0 aromatic rings. The minimum Gasteiger partial charge on any atom is -0.469 e. The van der Waals surface area contributed by atoms with Gasteiger partial charge in [-0.1, -0.05) is 0 Å². The summed E-state index contributed by atoms with van der Waals surface area (Å²) in [6.07, 6.45) is 3.25. The van der Waals surface area contributed by atoms with E-state index in [0.29, 0.717) is 12.1 Å². The van der Waals surface area contributed by atoms with Crippen LogP contribution < -0.4 is 5.32 Å². The molecule has 70 valence electrons. The smallest absolute Gasteiger partial charge is 0.250 e. The number of fused-ring (bicyclic) bond motifs is 1. The number of carbonyl (C=O) groups is 1. The highest BCUT2D eigenvalue weighted by Crippen LogP contribution is 2.28. The molecular weight excluding hydrogens is 170 g/mol. The SMILES string of the molecule is CCNC(=O)C1=CC=C2OCOC21. The zero-order valence-corrected chi connectivity index (χ0v) is 7.37. The first-order valence-electron chi connectivity index (χ1n) is 4.27. The third-order valence-corrected chi connectivity index (χ3v) is 2.03. The molecule has 1 fully saturated rings.